The molecule has 7 heteroatoms. The van der Waals surface area contributed by atoms with Gasteiger partial charge >= 0.3 is 0 Å². The highest BCUT2D eigenvalue weighted by molar-refractivity contribution is 5.93. The largest absolute Gasteiger partial charge is 0.354 e. The van der Waals surface area contributed by atoms with E-state index in [1.807, 2.05) is 24.3 Å². The number of rotatable bonds is 6. The molecule has 1 aliphatic carbocycles. The molecule has 3 fully saturated rings. The van der Waals surface area contributed by atoms with E-state index in [0.717, 1.165) is 56.8 Å². The maximum Gasteiger partial charge on any atom is 0.229 e. The molecule has 0 radical (unpaired) electrons. The van der Waals surface area contributed by atoms with Gasteiger partial charge in [0.1, 0.15) is 0 Å². The number of likely N-dealkylation sites (tertiary alicyclic amines) is 1. The van der Waals surface area contributed by atoms with E-state index in [9.17, 15) is 9.59 Å². The number of anilines is 2. The van der Waals surface area contributed by atoms with Gasteiger partial charge in [0.2, 0.25) is 11.8 Å². The van der Waals surface area contributed by atoms with E-state index >= 15 is 0 Å². The van der Waals surface area contributed by atoms with Gasteiger partial charge in [0.15, 0.2) is 5.82 Å². The molecule has 2 saturated heterocycles. The van der Waals surface area contributed by atoms with Crippen LogP contribution in [-0.4, -0.2) is 53.1 Å². The first kappa shape index (κ1) is 20.9. The minimum atomic E-state index is -0.0470. The van der Waals surface area contributed by atoms with Gasteiger partial charge in [0.05, 0.1) is 5.92 Å². The summed E-state index contributed by atoms with van der Waals surface area (Å²) >= 11 is 0. The first-order valence-corrected chi connectivity index (χ1v) is 11.9. The van der Waals surface area contributed by atoms with E-state index in [1.165, 1.54) is 18.4 Å². The number of amides is 2. The summed E-state index contributed by atoms with van der Waals surface area (Å²) in [5.74, 6) is 2.32. The number of nitrogens with zero attached hydrogens (tertiary/aromatic N) is 4. The molecule has 1 atom stereocenters. The molecule has 3 heterocycles. The maximum absolute atomic E-state index is 12.7. The molecular weight excluding hydrogens is 402 g/mol. The Morgan fingerprint density at radius 2 is 1.75 bits per heavy atom. The third-order valence-electron chi connectivity index (χ3n) is 7.10. The van der Waals surface area contributed by atoms with Gasteiger partial charge in [-0.3, -0.25) is 9.59 Å². The van der Waals surface area contributed by atoms with Gasteiger partial charge in [-0.15, -0.1) is 5.10 Å². The fraction of sp³-hybridized carbons (Fsp3) is 0.520. The molecule has 2 aromatic rings. The van der Waals surface area contributed by atoms with E-state index in [-0.39, 0.29) is 11.8 Å². The highest BCUT2D eigenvalue weighted by Gasteiger charge is 2.30. The predicted octanol–water partition coefficient (Wildman–Crippen LogP) is 3.45. The summed E-state index contributed by atoms with van der Waals surface area (Å²) in [5.41, 5.74) is 2.14. The van der Waals surface area contributed by atoms with Crippen molar-refractivity contribution in [1.82, 2.24) is 15.1 Å². The van der Waals surface area contributed by atoms with E-state index in [2.05, 4.69) is 37.4 Å². The number of piperidine rings is 1. The van der Waals surface area contributed by atoms with Crippen LogP contribution in [0.2, 0.25) is 0 Å². The zero-order valence-corrected chi connectivity index (χ0v) is 18.4. The van der Waals surface area contributed by atoms with Crippen molar-refractivity contribution >= 4 is 23.3 Å². The number of carbonyl (C=O) groups excluding carboxylic acids is 2. The van der Waals surface area contributed by atoms with Crippen molar-refractivity contribution in [2.75, 3.05) is 36.4 Å². The van der Waals surface area contributed by atoms with Gasteiger partial charge in [0, 0.05) is 44.5 Å². The zero-order valence-electron chi connectivity index (χ0n) is 18.4. The van der Waals surface area contributed by atoms with Crippen LogP contribution >= 0.6 is 0 Å². The van der Waals surface area contributed by atoms with Crippen molar-refractivity contribution < 1.29 is 9.59 Å². The van der Waals surface area contributed by atoms with Crippen molar-refractivity contribution in [3.05, 3.63) is 48.2 Å². The van der Waals surface area contributed by atoms with E-state index in [0.29, 0.717) is 24.3 Å². The maximum atomic E-state index is 12.7. The SMILES string of the molecule is O=C(Nc1ccc(C2CCN(C(=O)CC3CC3)CC2)cc1)C1CCN(c2cccnn2)C1. The predicted molar refractivity (Wildman–Crippen MR) is 123 cm³/mol. The summed E-state index contributed by atoms with van der Waals surface area (Å²) < 4.78 is 0. The van der Waals surface area contributed by atoms with Gasteiger partial charge in [-0.1, -0.05) is 12.1 Å². The lowest BCUT2D eigenvalue weighted by atomic mass is 9.89. The Kier molecular flexibility index (Phi) is 6.06. The molecule has 3 aliphatic rings. The lowest BCUT2D eigenvalue weighted by molar-refractivity contribution is -0.132. The van der Waals surface area contributed by atoms with Crippen LogP contribution in [0.4, 0.5) is 11.5 Å². The van der Waals surface area contributed by atoms with Crippen molar-refractivity contribution in [3.8, 4) is 0 Å². The molecule has 32 heavy (non-hydrogen) atoms. The summed E-state index contributed by atoms with van der Waals surface area (Å²) in [6.45, 7) is 3.20. The molecule has 1 aromatic heterocycles. The Morgan fingerprint density at radius 1 is 0.969 bits per heavy atom. The number of aromatic nitrogens is 2. The quantitative estimate of drug-likeness (QED) is 0.755. The van der Waals surface area contributed by atoms with Gasteiger partial charge in [0.25, 0.3) is 0 Å². The minimum absolute atomic E-state index is 0.0470. The molecule has 168 valence electrons. The molecule has 1 unspecified atom stereocenters. The first-order valence-electron chi connectivity index (χ1n) is 11.9. The van der Waals surface area contributed by atoms with E-state index in [4.69, 9.17) is 0 Å². The standard InChI is InChI=1S/C25H31N5O2/c31-24(16-18-3-4-18)29-13-9-20(10-14-29)19-5-7-22(8-6-19)27-25(32)21-11-15-30(17-21)23-2-1-12-26-28-23/h1-2,5-8,12,18,20-21H,3-4,9-11,13-17H2,(H,27,32). The fourth-order valence-electron chi connectivity index (χ4n) is 4.89. The normalized spacial score (nSPS) is 21.6. The van der Waals surface area contributed by atoms with Crippen LogP contribution in [0.25, 0.3) is 0 Å². The second-order valence-electron chi connectivity index (χ2n) is 9.43. The molecule has 7 nitrogen and oxygen atoms in total. The highest BCUT2D eigenvalue weighted by Crippen LogP contribution is 2.34. The number of nitrogens with one attached hydrogen (secondary N) is 1. The third kappa shape index (κ3) is 4.92. The molecule has 0 spiro atoms. The van der Waals surface area contributed by atoms with Gasteiger partial charge < -0.3 is 15.1 Å². The molecule has 0 bridgehead atoms. The van der Waals surface area contributed by atoms with E-state index < -0.39 is 0 Å². The Labute approximate surface area is 189 Å². The van der Waals surface area contributed by atoms with Crippen molar-refractivity contribution in [1.29, 1.82) is 0 Å². The second-order valence-corrected chi connectivity index (χ2v) is 9.43. The summed E-state index contributed by atoms with van der Waals surface area (Å²) in [7, 11) is 0. The lowest BCUT2D eigenvalue weighted by Gasteiger charge is -2.32. The van der Waals surface area contributed by atoms with E-state index in [1.54, 1.807) is 6.20 Å². The molecule has 2 aliphatic heterocycles. The number of hydrogen-bond acceptors (Lipinski definition) is 5. The van der Waals surface area contributed by atoms with Crippen LogP contribution in [0.1, 0.15) is 50.0 Å². The average molecular weight is 434 g/mol. The van der Waals surface area contributed by atoms with Crippen molar-refractivity contribution in [2.24, 2.45) is 11.8 Å². The molecule has 2 amide bonds. The Hall–Kier alpha value is -2.96. The van der Waals surface area contributed by atoms with Crippen LogP contribution in [-0.2, 0) is 9.59 Å². The Bertz CT molecular complexity index is 937. The van der Waals surface area contributed by atoms with Crippen molar-refractivity contribution in [3.63, 3.8) is 0 Å². The molecule has 1 saturated carbocycles. The lowest BCUT2D eigenvalue weighted by Crippen LogP contribution is -2.38. The van der Waals surface area contributed by atoms with Crippen LogP contribution in [0.5, 0.6) is 0 Å². The highest BCUT2D eigenvalue weighted by atomic mass is 16.2. The summed E-state index contributed by atoms with van der Waals surface area (Å²) in [6.07, 6.45) is 7.71. The Balaban J connectivity index is 1.10. The van der Waals surface area contributed by atoms with Crippen LogP contribution in [0, 0.1) is 11.8 Å². The van der Waals surface area contributed by atoms with Gasteiger partial charge in [-0.05, 0) is 73.8 Å². The molecule has 1 aromatic carbocycles. The number of hydrogen-bond donors (Lipinski definition) is 1. The minimum Gasteiger partial charge on any atom is -0.354 e. The number of benzene rings is 1. The molecular formula is C25H31N5O2. The molecule has 1 N–H and O–H groups in total. The van der Waals surface area contributed by atoms with Gasteiger partial charge in [-0.2, -0.15) is 5.10 Å². The van der Waals surface area contributed by atoms with Crippen LogP contribution < -0.4 is 10.2 Å². The first-order chi connectivity index (χ1) is 15.7. The summed E-state index contributed by atoms with van der Waals surface area (Å²) in [6, 6.07) is 12.1. The van der Waals surface area contributed by atoms with Crippen molar-refractivity contribution in [2.45, 2.75) is 44.4 Å². The topological polar surface area (TPSA) is 78.4 Å². The smallest absolute Gasteiger partial charge is 0.229 e. The monoisotopic (exact) mass is 433 g/mol. The summed E-state index contributed by atoms with van der Waals surface area (Å²) in [4.78, 5) is 29.2. The number of carbonyl (C=O) groups is 2. The third-order valence-corrected chi connectivity index (χ3v) is 7.10. The summed E-state index contributed by atoms with van der Waals surface area (Å²) in [5, 5.41) is 11.2. The van der Waals surface area contributed by atoms with Crippen LogP contribution in [0.15, 0.2) is 42.6 Å². The second kappa shape index (κ2) is 9.27. The molecule has 5 rings (SSSR count). The fourth-order valence-corrected chi connectivity index (χ4v) is 4.89. The van der Waals surface area contributed by atoms with Crippen LogP contribution in [0.3, 0.4) is 0 Å². The Morgan fingerprint density at radius 3 is 2.44 bits per heavy atom. The zero-order chi connectivity index (χ0) is 21.9. The average Bonchev–Trinajstić information content (AvgIpc) is 3.51. The van der Waals surface area contributed by atoms with Gasteiger partial charge in [-0.25, -0.2) is 0 Å².